The van der Waals surface area contributed by atoms with Gasteiger partial charge in [-0.05, 0) is 11.8 Å². The summed E-state index contributed by atoms with van der Waals surface area (Å²) in [6, 6.07) is 0. The number of nitrogens with two attached hydrogens (primary N) is 1. The first-order chi connectivity index (χ1) is 4.17. The highest BCUT2D eigenvalue weighted by molar-refractivity contribution is 4.84. The molecule has 1 rings (SSSR count). The molecule has 1 aliphatic rings. The van der Waals surface area contributed by atoms with Crippen LogP contribution in [0, 0.1) is 5.41 Å². The molecule has 1 aliphatic heterocycles. The molecule has 0 aromatic rings. The average molecular weight is 129 g/mol. The van der Waals surface area contributed by atoms with Crippen molar-refractivity contribution < 1.29 is 4.74 Å². The van der Waals surface area contributed by atoms with Gasteiger partial charge in [0.15, 0.2) is 0 Å². The van der Waals surface area contributed by atoms with E-state index < -0.39 is 0 Å². The predicted octanol–water partition coefficient (Wildman–Crippen LogP) is 0.760. The first kappa shape index (κ1) is 7.03. The molecule has 0 bridgehead atoms. The minimum absolute atomic E-state index is 0.289. The zero-order valence-corrected chi connectivity index (χ0v) is 6.18. The van der Waals surface area contributed by atoms with E-state index in [1.54, 1.807) is 0 Å². The largest absolute Gasteiger partial charge is 0.376 e. The van der Waals surface area contributed by atoms with Gasteiger partial charge in [0.1, 0.15) is 0 Å². The zero-order valence-electron chi connectivity index (χ0n) is 6.18. The fraction of sp³-hybridized carbons (Fsp3) is 1.00. The molecule has 0 spiro atoms. The maximum absolute atomic E-state index is 5.48. The van der Waals surface area contributed by atoms with Gasteiger partial charge < -0.3 is 10.5 Å². The van der Waals surface area contributed by atoms with Crippen LogP contribution in [0.1, 0.15) is 20.3 Å². The molecule has 0 amide bonds. The van der Waals surface area contributed by atoms with Crippen molar-refractivity contribution in [3.63, 3.8) is 0 Å². The van der Waals surface area contributed by atoms with Gasteiger partial charge >= 0.3 is 0 Å². The second-order valence-corrected chi connectivity index (χ2v) is 3.33. The Labute approximate surface area is 56.4 Å². The Kier molecular flexibility index (Phi) is 1.78. The van der Waals surface area contributed by atoms with Crippen LogP contribution in [0.4, 0.5) is 0 Å². The first-order valence-electron chi connectivity index (χ1n) is 3.48. The molecule has 54 valence electrons. The van der Waals surface area contributed by atoms with Gasteiger partial charge in [-0.2, -0.15) is 0 Å². The molecular weight excluding hydrogens is 114 g/mol. The maximum Gasteiger partial charge on any atom is 0.0748 e. The number of hydrogen-bond acceptors (Lipinski definition) is 2. The third kappa shape index (κ3) is 1.25. The minimum atomic E-state index is 0.289. The summed E-state index contributed by atoms with van der Waals surface area (Å²) in [6.45, 7) is 5.96. The number of hydrogen-bond donors (Lipinski definition) is 1. The third-order valence-electron chi connectivity index (χ3n) is 2.15. The zero-order chi connectivity index (χ0) is 6.91. The van der Waals surface area contributed by atoms with Crippen molar-refractivity contribution >= 4 is 0 Å². The lowest BCUT2D eigenvalue weighted by atomic mass is 9.86. The highest BCUT2D eigenvalue weighted by Gasteiger charge is 2.34. The van der Waals surface area contributed by atoms with Gasteiger partial charge in [-0.25, -0.2) is 0 Å². The van der Waals surface area contributed by atoms with Crippen LogP contribution in [0.3, 0.4) is 0 Å². The second kappa shape index (κ2) is 2.27. The van der Waals surface area contributed by atoms with Gasteiger partial charge in [0.2, 0.25) is 0 Å². The Morgan fingerprint density at radius 1 is 1.67 bits per heavy atom. The van der Waals surface area contributed by atoms with Gasteiger partial charge in [-0.1, -0.05) is 13.8 Å². The van der Waals surface area contributed by atoms with E-state index in [0.29, 0.717) is 12.0 Å². The van der Waals surface area contributed by atoms with Crippen LogP contribution in [0.2, 0.25) is 0 Å². The molecule has 0 aliphatic carbocycles. The lowest BCUT2D eigenvalue weighted by molar-refractivity contribution is 0.0713. The molecule has 1 unspecified atom stereocenters. The molecule has 9 heavy (non-hydrogen) atoms. The summed E-state index contributed by atoms with van der Waals surface area (Å²) in [5.74, 6) is 0. The van der Waals surface area contributed by atoms with Crippen LogP contribution in [-0.2, 0) is 4.74 Å². The summed E-state index contributed by atoms with van der Waals surface area (Å²) < 4.78 is 5.39. The van der Waals surface area contributed by atoms with E-state index in [1.165, 1.54) is 0 Å². The minimum Gasteiger partial charge on any atom is -0.376 e. The lowest BCUT2D eigenvalue weighted by Gasteiger charge is -2.23. The molecule has 2 heteroatoms. The molecule has 0 saturated carbocycles. The van der Waals surface area contributed by atoms with Crippen molar-refractivity contribution in [2.45, 2.75) is 26.4 Å². The molecule has 0 radical (unpaired) electrons. The van der Waals surface area contributed by atoms with Crippen molar-refractivity contribution in [3.8, 4) is 0 Å². The van der Waals surface area contributed by atoms with E-state index >= 15 is 0 Å². The van der Waals surface area contributed by atoms with Crippen molar-refractivity contribution in [2.24, 2.45) is 11.1 Å². The summed E-state index contributed by atoms with van der Waals surface area (Å²) in [5, 5.41) is 0. The summed E-state index contributed by atoms with van der Waals surface area (Å²) >= 11 is 0. The van der Waals surface area contributed by atoms with Crippen molar-refractivity contribution in [1.29, 1.82) is 0 Å². The van der Waals surface area contributed by atoms with Gasteiger partial charge in [0.25, 0.3) is 0 Å². The van der Waals surface area contributed by atoms with Crippen LogP contribution in [0.15, 0.2) is 0 Å². The molecule has 1 saturated heterocycles. The van der Waals surface area contributed by atoms with Crippen LogP contribution < -0.4 is 5.73 Å². The Morgan fingerprint density at radius 3 is 2.56 bits per heavy atom. The number of rotatable bonds is 1. The Hall–Kier alpha value is -0.0800. The predicted molar refractivity (Wildman–Crippen MR) is 37.2 cm³/mol. The summed E-state index contributed by atoms with van der Waals surface area (Å²) in [7, 11) is 0. The molecule has 1 atom stereocenters. The number of ether oxygens (including phenoxy) is 1. The lowest BCUT2D eigenvalue weighted by Crippen LogP contribution is -2.31. The van der Waals surface area contributed by atoms with Crippen molar-refractivity contribution in [2.75, 3.05) is 13.2 Å². The van der Waals surface area contributed by atoms with E-state index in [1.807, 2.05) is 0 Å². The van der Waals surface area contributed by atoms with E-state index in [2.05, 4.69) is 13.8 Å². The van der Waals surface area contributed by atoms with Gasteiger partial charge in [0.05, 0.1) is 6.10 Å². The standard InChI is InChI=1S/C7H15NO/c1-7(2)3-4-9-6(7)5-8/h6H,3-5,8H2,1-2H3. The van der Waals surface area contributed by atoms with Crippen LogP contribution in [0.25, 0.3) is 0 Å². The third-order valence-corrected chi connectivity index (χ3v) is 2.15. The monoisotopic (exact) mass is 129 g/mol. The topological polar surface area (TPSA) is 35.2 Å². The van der Waals surface area contributed by atoms with Crippen LogP contribution in [0.5, 0.6) is 0 Å². The molecule has 0 aromatic carbocycles. The molecular formula is C7H15NO. The fourth-order valence-electron chi connectivity index (χ4n) is 1.24. The summed E-state index contributed by atoms with van der Waals surface area (Å²) in [5.41, 5.74) is 5.80. The molecule has 2 N–H and O–H groups in total. The fourth-order valence-corrected chi connectivity index (χ4v) is 1.24. The van der Waals surface area contributed by atoms with E-state index in [4.69, 9.17) is 10.5 Å². The highest BCUT2D eigenvalue weighted by atomic mass is 16.5. The second-order valence-electron chi connectivity index (χ2n) is 3.33. The van der Waals surface area contributed by atoms with Crippen LogP contribution >= 0.6 is 0 Å². The molecule has 1 heterocycles. The van der Waals surface area contributed by atoms with E-state index in [-0.39, 0.29) is 6.10 Å². The van der Waals surface area contributed by atoms with Gasteiger partial charge in [0, 0.05) is 13.2 Å². The average Bonchev–Trinajstić information content (AvgIpc) is 2.08. The molecule has 0 aromatic heterocycles. The Morgan fingerprint density at radius 2 is 2.33 bits per heavy atom. The van der Waals surface area contributed by atoms with Crippen LogP contribution in [-0.4, -0.2) is 19.3 Å². The smallest absolute Gasteiger partial charge is 0.0748 e. The SMILES string of the molecule is CC1(C)CCOC1CN. The maximum atomic E-state index is 5.48. The van der Waals surface area contributed by atoms with E-state index in [9.17, 15) is 0 Å². The van der Waals surface area contributed by atoms with Gasteiger partial charge in [-0.15, -0.1) is 0 Å². The molecule has 1 fully saturated rings. The highest BCUT2D eigenvalue weighted by Crippen LogP contribution is 2.32. The Balaban J connectivity index is 2.52. The van der Waals surface area contributed by atoms with Crippen molar-refractivity contribution in [1.82, 2.24) is 0 Å². The molecule has 2 nitrogen and oxygen atoms in total. The van der Waals surface area contributed by atoms with E-state index in [0.717, 1.165) is 13.0 Å². The van der Waals surface area contributed by atoms with Gasteiger partial charge in [-0.3, -0.25) is 0 Å². The Bertz CT molecular complexity index is 101. The van der Waals surface area contributed by atoms with Crippen molar-refractivity contribution in [3.05, 3.63) is 0 Å². The normalized spacial score (nSPS) is 33.0. The summed E-state index contributed by atoms with van der Waals surface area (Å²) in [6.07, 6.45) is 1.44. The first-order valence-corrected chi connectivity index (χ1v) is 3.48. The quantitative estimate of drug-likeness (QED) is 0.567. The summed E-state index contributed by atoms with van der Waals surface area (Å²) in [4.78, 5) is 0.